The molecule has 1 saturated carbocycles. The second-order valence-electron chi connectivity index (χ2n) is 7.99. The van der Waals surface area contributed by atoms with E-state index in [0.717, 1.165) is 38.5 Å². The third kappa shape index (κ3) is 7.30. The molecule has 27 heavy (non-hydrogen) atoms. The van der Waals surface area contributed by atoms with E-state index in [0.29, 0.717) is 13.1 Å². The van der Waals surface area contributed by atoms with Crippen molar-refractivity contribution in [3.8, 4) is 0 Å². The van der Waals surface area contributed by atoms with Crippen LogP contribution in [0.3, 0.4) is 0 Å². The average molecular weight is 403 g/mol. The average Bonchev–Trinajstić information content (AvgIpc) is 2.66. The summed E-state index contributed by atoms with van der Waals surface area (Å²) < 4.78 is 0. The van der Waals surface area contributed by atoms with Crippen LogP contribution in [0.4, 0.5) is 0 Å². The van der Waals surface area contributed by atoms with Gasteiger partial charge in [-0.15, -0.1) is 12.4 Å². The Balaban J connectivity index is 0.00000364. The topological polar surface area (TPSA) is 105 Å². The lowest BCUT2D eigenvalue weighted by molar-refractivity contribution is -0.134. The first kappa shape index (κ1) is 23.7. The Morgan fingerprint density at radius 3 is 2.19 bits per heavy atom. The van der Waals surface area contributed by atoms with E-state index in [9.17, 15) is 14.4 Å². The minimum absolute atomic E-state index is 0. The van der Waals surface area contributed by atoms with Gasteiger partial charge in [-0.05, 0) is 31.6 Å². The zero-order chi connectivity index (χ0) is 19.1. The largest absolute Gasteiger partial charge is 0.353 e. The molecule has 2 rings (SSSR count). The number of carbonyl (C=O) groups excluding carboxylic acids is 3. The van der Waals surface area contributed by atoms with E-state index in [1.165, 1.54) is 6.42 Å². The standard InChI is InChI=1S/C19H34N4O3.ClH/c1-13(2)17(20)19(26)21-12-16(24)23-10-8-15(9-11-23)22-18(25)14-6-4-3-5-7-14;/h13-15,17H,3-12,20H2,1-2H3,(H,21,26)(H,22,25);1H/t17-;/m0./s1. The Bertz CT molecular complexity index is 501. The number of nitrogens with one attached hydrogen (secondary N) is 2. The molecule has 8 heteroatoms. The van der Waals surface area contributed by atoms with E-state index in [1.54, 1.807) is 4.90 Å². The summed E-state index contributed by atoms with van der Waals surface area (Å²) >= 11 is 0. The monoisotopic (exact) mass is 402 g/mol. The number of nitrogens with two attached hydrogens (primary N) is 1. The fraction of sp³-hybridized carbons (Fsp3) is 0.842. The first-order valence-corrected chi connectivity index (χ1v) is 10.00. The maximum atomic E-state index is 12.3. The van der Waals surface area contributed by atoms with Gasteiger partial charge in [0.2, 0.25) is 17.7 Å². The fourth-order valence-electron chi connectivity index (χ4n) is 3.65. The van der Waals surface area contributed by atoms with Gasteiger partial charge in [-0.3, -0.25) is 14.4 Å². The Morgan fingerprint density at radius 2 is 1.63 bits per heavy atom. The summed E-state index contributed by atoms with van der Waals surface area (Å²) in [6.07, 6.45) is 7.08. The molecule has 1 aliphatic carbocycles. The van der Waals surface area contributed by atoms with Crippen molar-refractivity contribution in [3.05, 3.63) is 0 Å². The van der Waals surface area contributed by atoms with Crippen molar-refractivity contribution < 1.29 is 14.4 Å². The Labute approximate surface area is 168 Å². The third-order valence-corrected chi connectivity index (χ3v) is 5.60. The van der Waals surface area contributed by atoms with Crippen LogP contribution in [-0.4, -0.2) is 54.3 Å². The molecule has 2 fully saturated rings. The number of amides is 3. The first-order valence-electron chi connectivity index (χ1n) is 10.00. The maximum Gasteiger partial charge on any atom is 0.241 e. The molecule has 3 amide bonds. The van der Waals surface area contributed by atoms with Crippen LogP contribution in [0.2, 0.25) is 0 Å². The Morgan fingerprint density at radius 1 is 1.04 bits per heavy atom. The molecule has 1 heterocycles. The molecule has 0 spiro atoms. The van der Waals surface area contributed by atoms with Crippen LogP contribution >= 0.6 is 12.4 Å². The van der Waals surface area contributed by atoms with Gasteiger partial charge in [-0.2, -0.15) is 0 Å². The van der Waals surface area contributed by atoms with Crippen molar-refractivity contribution >= 4 is 30.1 Å². The quantitative estimate of drug-likeness (QED) is 0.620. The van der Waals surface area contributed by atoms with E-state index < -0.39 is 6.04 Å². The van der Waals surface area contributed by atoms with Crippen LogP contribution in [0, 0.1) is 11.8 Å². The van der Waals surface area contributed by atoms with Crippen LogP contribution < -0.4 is 16.4 Å². The highest BCUT2D eigenvalue weighted by molar-refractivity contribution is 5.87. The highest BCUT2D eigenvalue weighted by Crippen LogP contribution is 2.24. The van der Waals surface area contributed by atoms with Gasteiger partial charge in [0, 0.05) is 25.0 Å². The normalized spacial score (nSPS) is 19.9. The van der Waals surface area contributed by atoms with Gasteiger partial charge in [0.1, 0.15) is 0 Å². The molecule has 2 aliphatic rings. The number of piperidine rings is 1. The second kappa shape index (κ2) is 11.5. The lowest BCUT2D eigenvalue weighted by Crippen LogP contribution is -2.51. The fourth-order valence-corrected chi connectivity index (χ4v) is 3.65. The van der Waals surface area contributed by atoms with Crippen molar-refractivity contribution in [2.24, 2.45) is 17.6 Å². The van der Waals surface area contributed by atoms with E-state index in [-0.39, 0.29) is 54.6 Å². The van der Waals surface area contributed by atoms with E-state index in [1.807, 2.05) is 13.8 Å². The van der Waals surface area contributed by atoms with E-state index >= 15 is 0 Å². The maximum absolute atomic E-state index is 12.3. The van der Waals surface area contributed by atoms with Crippen LogP contribution in [0.25, 0.3) is 0 Å². The van der Waals surface area contributed by atoms with Gasteiger partial charge in [0.15, 0.2) is 0 Å². The molecule has 0 unspecified atom stereocenters. The molecule has 0 bridgehead atoms. The van der Waals surface area contributed by atoms with Crippen molar-refractivity contribution in [2.75, 3.05) is 19.6 Å². The number of nitrogens with zero attached hydrogens (tertiary/aromatic N) is 1. The van der Waals surface area contributed by atoms with Gasteiger partial charge >= 0.3 is 0 Å². The van der Waals surface area contributed by atoms with Crippen molar-refractivity contribution in [1.82, 2.24) is 15.5 Å². The zero-order valence-corrected chi connectivity index (χ0v) is 17.4. The molecule has 1 saturated heterocycles. The highest BCUT2D eigenvalue weighted by atomic mass is 35.5. The smallest absolute Gasteiger partial charge is 0.241 e. The molecule has 0 aromatic heterocycles. The predicted molar refractivity (Wildman–Crippen MR) is 107 cm³/mol. The van der Waals surface area contributed by atoms with Gasteiger partial charge in [-0.1, -0.05) is 33.1 Å². The van der Waals surface area contributed by atoms with Gasteiger partial charge in [0.05, 0.1) is 12.6 Å². The van der Waals surface area contributed by atoms with Gasteiger partial charge < -0.3 is 21.3 Å². The number of hydrogen-bond acceptors (Lipinski definition) is 4. The van der Waals surface area contributed by atoms with Crippen molar-refractivity contribution in [2.45, 2.75) is 70.9 Å². The highest BCUT2D eigenvalue weighted by Gasteiger charge is 2.27. The summed E-state index contributed by atoms with van der Waals surface area (Å²) in [6, 6.07) is -0.444. The summed E-state index contributed by atoms with van der Waals surface area (Å²) in [5.41, 5.74) is 5.77. The van der Waals surface area contributed by atoms with E-state index in [2.05, 4.69) is 10.6 Å². The molecule has 4 N–H and O–H groups in total. The third-order valence-electron chi connectivity index (χ3n) is 5.60. The van der Waals surface area contributed by atoms with Crippen LogP contribution in [0.5, 0.6) is 0 Å². The van der Waals surface area contributed by atoms with E-state index in [4.69, 9.17) is 5.73 Å². The first-order chi connectivity index (χ1) is 12.4. The summed E-state index contributed by atoms with van der Waals surface area (Å²) in [5, 5.41) is 5.78. The summed E-state index contributed by atoms with van der Waals surface area (Å²) in [4.78, 5) is 38.2. The van der Waals surface area contributed by atoms with Crippen LogP contribution in [-0.2, 0) is 14.4 Å². The molecule has 0 aromatic rings. The molecular weight excluding hydrogens is 368 g/mol. The minimum Gasteiger partial charge on any atom is -0.353 e. The summed E-state index contributed by atoms with van der Waals surface area (Å²) in [5.74, 6) is 0.0103. The molecule has 1 atom stereocenters. The Hall–Kier alpha value is -1.34. The van der Waals surface area contributed by atoms with Crippen molar-refractivity contribution in [1.29, 1.82) is 0 Å². The van der Waals surface area contributed by atoms with Crippen LogP contribution in [0.15, 0.2) is 0 Å². The number of rotatable bonds is 6. The molecule has 7 nitrogen and oxygen atoms in total. The lowest BCUT2D eigenvalue weighted by atomic mass is 9.88. The lowest BCUT2D eigenvalue weighted by Gasteiger charge is -2.33. The van der Waals surface area contributed by atoms with Gasteiger partial charge in [0.25, 0.3) is 0 Å². The number of hydrogen-bond donors (Lipinski definition) is 3. The zero-order valence-electron chi connectivity index (χ0n) is 16.5. The second-order valence-corrected chi connectivity index (χ2v) is 7.99. The number of likely N-dealkylation sites (tertiary alicyclic amines) is 1. The number of carbonyl (C=O) groups is 3. The molecule has 0 aromatic carbocycles. The molecule has 1 aliphatic heterocycles. The summed E-state index contributed by atoms with van der Waals surface area (Å²) in [7, 11) is 0. The molecular formula is C19H35ClN4O3. The van der Waals surface area contributed by atoms with Crippen LogP contribution in [0.1, 0.15) is 58.8 Å². The minimum atomic E-state index is -0.594. The predicted octanol–water partition coefficient (Wildman–Crippen LogP) is 1.20. The number of halogens is 1. The molecule has 156 valence electrons. The summed E-state index contributed by atoms with van der Waals surface area (Å²) in [6.45, 7) is 4.95. The van der Waals surface area contributed by atoms with Gasteiger partial charge in [-0.25, -0.2) is 0 Å². The molecule has 0 radical (unpaired) electrons. The van der Waals surface area contributed by atoms with Crippen molar-refractivity contribution in [3.63, 3.8) is 0 Å². The SMILES string of the molecule is CC(C)[C@H](N)C(=O)NCC(=O)N1CCC(NC(=O)C2CCCCC2)CC1.Cl. The Kier molecular flexibility index (Phi) is 10.1.